The molecule has 0 N–H and O–H groups in total. The Hall–Kier alpha value is -1.76. The molecule has 0 saturated carbocycles. The fraction of sp³-hybridized carbons (Fsp3) is 0.471. The summed E-state index contributed by atoms with van der Waals surface area (Å²) in [7, 11) is 0. The molecule has 0 amide bonds. The Morgan fingerprint density at radius 3 is 3.08 bits per heavy atom. The van der Waals surface area contributed by atoms with Crippen molar-refractivity contribution in [1.29, 1.82) is 0 Å². The van der Waals surface area contributed by atoms with Gasteiger partial charge >= 0.3 is 0 Å². The molecular formula is C17H20ClN3O3. The van der Waals surface area contributed by atoms with E-state index in [1.165, 1.54) is 0 Å². The predicted octanol–water partition coefficient (Wildman–Crippen LogP) is 2.47. The molecule has 1 fully saturated rings. The standard InChI is InChI=1S/C17H20ClN3O3/c1-12-6-19-21(7-12)10-14-9-20(2-3-22-14)8-13-4-15(18)17-16(5-13)23-11-24-17/h4-7,14H,2-3,8-11H2,1H3. The molecule has 24 heavy (non-hydrogen) atoms. The van der Waals surface area contributed by atoms with E-state index in [4.69, 9.17) is 25.8 Å². The number of aryl methyl sites for hydroxylation is 1. The van der Waals surface area contributed by atoms with Gasteiger partial charge in [-0.2, -0.15) is 5.10 Å². The van der Waals surface area contributed by atoms with Crippen molar-refractivity contribution in [3.63, 3.8) is 0 Å². The van der Waals surface area contributed by atoms with E-state index >= 15 is 0 Å². The molecule has 1 aromatic carbocycles. The van der Waals surface area contributed by atoms with Gasteiger partial charge in [0.05, 0.1) is 30.5 Å². The van der Waals surface area contributed by atoms with E-state index in [1.54, 1.807) is 0 Å². The van der Waals surface area contributed by atoms with Crippen LogP contribution in [0.5, 0.6) is 11.5 Å². The lowest BCUT2D eigenvalue weighted by molar-refractivity contribution is -0.0402. The first-order chi connectivity index (χ1) is 11.7. The number of halogens is 1. The highest BCUT2D eigenvalue weighted by molar-refractivity contribution is 6.32. The Bertz CT molecular complexity index is 734. The molecule has 2 aliphatic heterocycles. The van der Waals surface area contributed by atoms with Crippen LogP contribution in [-0.2, 0) is 17.8 Å². The summed E-state index contributed by atoms with van der Waals surface area (Å²) < 4.78 is 18.6. The van der Waals surface area contributed by atoms with E-state index in [-0.39, 0.29) is 12.9 Å². The molecule has 0 spiro atoms. The minimum absolute atomic E-state index is 0.141. The lowest BCUT2D eigenvalue weighted by atomic mass is 10.1. The van der Waals surface area contributed by atoms with Crippen LogP contribution in [0.25, 0.3) is 0 Å². The highest BCUT2D eigenvalue weighted by Gasteiger charge is 2.23. The SMILES string of the molecule is Cc1cnn(CC2CN(Cc3cc(Cl)c4c(c3)OCO4)CCO2)c1. The van der Waals surface area contributed by atoms with Gasteiger partial charge in [0.25, 0.3) is 0 Å². The van der Waals surface area contributed by atoms with Crippen LogP contribution in [-0.4, -0.2) is 47.3 Å². The van der Waals surface area contributed by atoms with Crippen molar-refractivity contribution in [2.75, 3.05) is 26.5 Å². The third kappa shape index (κ3) is 3.36. The van der Waals surface area contributed by atoms with E-state index < -0.39 is 0 Å². The Morgan fingerprint density at radius 1 is 1.33 bits per heavy atom. The van der Waals surface area contributed by atoms with Crippen LogP contribution >= 0.6 is 11.6 Å². The lowest BCUT2D eigenvalue weighted by Crippen LogP contribution is -2.43. The average Bonchev–Trinajstić information content (AvgIpc) is 3.17. The second-order valence-corrected chi connectivity index (χ2v) is 6.69. The zero-order chi connectivity index (χ0) is 16.5. The minimum Gasteiger partial charge on any atom is -0.454 e. The van der Waals surface area contributed by atoms with Gasteiger partial charge in [-0.25, -0.2) is 0 Å². The third-order valence-corrected chi connectivity index (χ3v) is 4.55. The first-order valence-corrected chi connectivity index (χ1v) is 8.46. The highest BCUT2D eigenvalue weighted by Crippen LogP contribution is 2.40. The van der Waals surface area contributed by atoms with E-state index in [0.29, 0.717) is 10.8 Å². The van der Waals surface area contributed by atoms with Gasteiger partial charge in [-0.05, 0) is 30.2 Å². The quantitative estimate of drug-likeness (QED) is 0.848. The van der Waals surface area contributed by atoms with Gasteiger partial charge in [-0.3, -0.25) is 9.58 Å². The first kappa shape index (κ1) is 15.7. The van der Waals surface area contributed by atoms with Gasteiger partial charge in [-0.1, -0.05) is 11.6 Å². The van der Waals surface area contributed by atoms with Crippen LogP contribution < -0.4 is 9.47 Å². The molecule has 4 rings (SSSR count). The number of aromatic nitrogens is 2. The lowest BCUT2D eigenvalue weighted by Gasteiger charge is -2.33. The monoisotopic (exact) mass is 349 g/mol. The van der Waals surface area contributed by atoms with Gasteiger partial charge in [-0.15, -0.1) is 0 Å². The van der Waals surface area contributed by atoms with E-state index in [2.05, 4.69) is 10.00 Å². The maximum absolute atomic E-state index is 6.27. The Labute approximate surface area is 145 Å². The van der Waals surface area contributed by atoms with Crippen LogP contribution in [0.3, 0.4) is 0 Å². The van der Waals surface area contributed by atoms with Crippen molar-refractivity contribution >= 4 is 11.6 Å². The van der Waals surface area contributed by atoms with Crippen LogP contribution in [0, 0.1) is 6.92 Å². The summed E-state index contributed by atoms with van der Waals surface area (Å²) in [5.74, 6) is 1.38. The molecule has 128 valence electrons. The Morgan fingerprint density at radius 2 is 2.25 bits per heavy atom. The van der Waals surface area contributed by atoms with Crippen molar-refractivity contribution in [3.05, 3.63) is 40.7 Å². The minimum atomic E-state index is 0.141. The number of hydrogen-bond donors (Lipinski definition) is 0. The molecular weight excluding hydrogens is 330 g/mol. The number of morpholine rings is 1. The van der Waals surface area contributed by atoms with Crippen LogP contribution in [0.2, 0.25) is 5.02 Å². The molecule has 1 saturated heterocycles. The van der Waals surface area contributed by atoms with Gasteiger partial charge < -0.3 is 14.2 Å². The fourth-order valence-corrected chi connectivity index (χ4v) is 3.47. The molecule has 3 heterocycles. The van der Waals surface area contributed by atoms with Crippen LogP contribution in [0.1, 0.15) is 11.1 Å². The van der Waals surface area contributed by atoms with Crippen molar-refractivity contribution in [3.8, 4) is 11.5 Å². The Kier molecular flexibility index (Phi) is 4.35. The summed E-state index contributed by atoms with van der Waals surface area (Å²) in [5.41, 5.74) is 2.29. The topological polar surface area (TPSA) is 48.8 Å². The smallest absolute Gasteiger partial charge is 0.231 e. The van der Waals surface area contributed by atoms with Crippen molar-refractivity contribution in [2.45, 2.75) is 26.1 Å². The summed E-state index contributed by atoms with van der Waals surface area (Å²) in [6, 6.07) is 3.96. The average molecular weight is 350 g/mol. The summed E-state index contributed by atoms with van der Waals surface area (Å²) >= 11 is 6.27. The molecule has 1 aromatic heterocycles. The zero-order valence-electron chi connectivity index (χ0n) is 13.6. The molecule has 7 heteroatoms. The Balaban J connectivity index is 1.40. The number of nitrogens with zero attached hydrogens (tertiary/aromatic N) is 3. The van der Waals surface area contributed by atoms with Crippen LogP contribution in [0.4, 0.5) is 0 Å². The maximum atomic E-state index is 6.27. The second kappa shape index (κ2) is 6.63. The molecule has 2 aliphatic rings. The number of fused-ring (bicyclic) bond motifs is 1. The summed E-state index contributed by atoms with van der Waals surface area (Å²) in [4.78, 5) is 2.37. The van der Waals surface area contributed by atoms with E-state index in [1.807, 2.05) is 36.1 Å². The third-order valence-electron chi connectivity index (χ3n) is 4.27. The van der Waals surface area contributed by atoms with E-state index in [0.717, 1.165) is 49.7 Å². The molecule has 0 bridgehead atoms. The van der Waals surface area contributed by atoms with Gasteiger partial charge in [0.15, 0.2) is 11.5 Å². The number of rotatable bonds is 4. The molecule has 1 atom stereocenters. The summed E-state index contributed by atoms with van der Waals surface area (Å²) in [6.07, 6.45) is 4.05. The molecule has 1 unspecified atom stereocenters. The van der Waals surface area contributed by atoms with Crippen molar-refractivity contribution in [2.24, 2.45) is 0 Å². The molecule has 0 radical (unpaired) electrons. The second-order valence-electron chi connectivity index (χ2n) is 6.28. The highest BCUT2D eigenvalue weighted by atomic mass is 35.5. The number of benzene rings is 1. The number of ether oxygens (including phenoxy) is 3. The van der Waals surface area contributed by atoms with Gasteiger partial charge in [0.1, 0.15) is 0 Å². The fourth-order valence-electron chi connectivity index (χ4n) is 3.18. The zero-order valence-corrected chi connectivity index (χ0v) is 14.3. The normalized spacial score (nSPS) is 20.5. The maximum Gasteiger partial charge on any atom is 0.231 e. The molecule has 6 nitrogen and oxygen atoms in total. The number of hydrogen-bond acceptors (Lipinski definition) is 5. The molecule has 2 aromatic rings. The van der Waals surface area contributed by atoms with Crippen molar-refractivity contribution < 1.29 is 14.2 Å². The van der Waals surface area contributed by atoms with Crippen LogP contribution in [0.15, 0.2) is 24.5 Å². The summed E-state index contributed by atoms with van der Waals surface area (Å²) in [5, 5.41) is 4.95. The predicted molar refractivity (Wildman–Crippen MR) is 89.6 cm³/mol. The van der Waals surface area contributed by atoms with E-state index in [9.17, 15) is 0 Å². The largest absolute Gasteiger partial charge is 0.454 e. The van der Waals surface area contributed by atoms with Crippen molar-refractivity contribution in [1.82, 2.24) is 14.7 Å². The summed E-state index contributed by atoms with van der Waals surface area (Å²) in [6.45, 7) is 6.36. The van der Waals surface area contributed by atoms with Gasteiger partial charge in [0, 0.05) is 25.8 Å². The first-order valence-electron chi connectivity index (χ1n) is 8.08. The van der Waals surface area contributed by atoms with Gasteiger partial charge in [0.2, 0.25) is 6.79 Å². The molecule has 0 aliphatic carbocycles.